The van der Waals surface area contributed by atoms with Gasteiger partial charge in [0.2, 0.25) is 0 Å². The molecule has 90 valence electrons. The van der Waals surface area contributed by atoms with Gasteiger partial charge in [0, 0.05) is 23.8 Å². The minimum atomic E-state index is 0.823. The van der Waals surface area contributed by atoms with Gasteiger partial charge < -0.3 is 5.32 Å². The van der Waals surface area contributed by atoms with Crippen LogP contribution in [0, 0.1) is 6.92 Å². The summed E-state index contributed by atoms with van der Waals surface area (Å²) in [5.41, 5.74) is 3.59. The zero-order valence-electron chi connectivity index (χ0n) is 10.1. The number of aryl methyl sites for hydroxylation is 2. The van der Waals surface area contributed by atoms with Gasteiger partial charge >= 0.3 is 0 Å². The second kappa shape index (κ2) is 5.36. The van der Waals surface area contributed by atoms with Crippen molar-refractivity contribution < 1.29 is 0 Å². The first kappa shape index (κ1) is 12.2. The lowest BCUT2D eigenvalue weighted by atomic mass is 10.1. The van der Waals surface area contributed by atoms with Crippen LogP contribution in [0.15, 0.2) is 35.1 Å². The summed E-state index contributed by atoms with van der Waals surface area (Å²) in [7, 11) is 0. The quantitative estimate of drug-likeness (QED) is 0.934. The van der Waals surface area contributed by atoms with E-state index in [1.54, 1.807) is 0 Å². The molecule has 0 atom stereocenters. The third-order valence-electron chi connectivity index (χ3n) is 2.68. The van der Waals surface area contributed by atoms with Crippen molar-refractivity contribution in [2.75, 3.05) is 5.32 Å². The number of halogens is 1. The van der Waals surface area contributed by atoms with E-state index < -0.39 is 0 Å². The predicted octanol–water partition coefficient (Wildman–Crippen LogP) is 3.59. The molecule has 1 heterocycles. The van der Waals surface area contributed by atoms with Crippen molar-refractivity contribution in [3.05, 3.63) is 46.2 Å². The van der Waals surface area contributed by atoms with Gasteiger partial charge in [-0.15, -0.1) is 0 Å². The summed E-state index contributed by atoms with van der Waals surface area (Å²) in [6.07, 6.45) is 3.88. The Labute approximate surface area is 110 Å². The summed E-state index contributed by atoms with van der Waals surface area (Å²) in [5.74, 6) is 0. The third-order valence-corrected chi connectivity index (χ3v) is 3.57. The molecule has 0 aliphatic carbocycles. The van der Waals surface area contributed by atoms with Crippen LogP contribution in [-0.2, 0) is 13.1 Å². The monoisotopic (exact) mass is 293 g/mol. The fourth-order valence-corrected chi connectivity index (χ4v) is 1.90. The van der Waals surface area contributed by atoms with Gasteiger partial charge in [-0.2, -0.15) is 5.10 Å². The number of hydrogen-bond acceptors (Lipinski definition) is 2. The fraction of sp³-hybridized carbons (Fsp3) is 0.308. The molecule has 0 fully saturated rings. The summed E-state index contributed by atoms with van der Waals surface area (Å²) in [5, 5.41) is 7.59. The average Bonchev–Trinajstić information content (AvgIpc) is 2.79. The van der Waals surface area contributed by atoms with Crippen molar-refractivity contribution in [2.24, 2.45) is 0 Å². The zero-order valence-corrected chi connectivity index (χ0v) is 11.7. The van der Waals surface area contributed by atoms with Crippen molar-refractivity contribution in [1.29, 1.82) is 0 Å². The second-order valence-electron chi connectivity index (χ2n) is 4.02. The number of nitrogens with zero attached hydrogens (tertiary/aromatic N) is 2. The molecule has 0 aliphatic heterocycles. The molecule has 3 nitrogen and oxygen atoms in total. The molecule has 0 unspecified atom stereocenters. The smallest absolute Gasteiger partial charge is 0.0729 e. The third kappa shape index (κ3) is 3.09. The molecule has 0 bridgehead atoms. The Morgan fingerprint density at radius 1 is 1.41 bits per heavy atom. The minimum absolute atomic E-state index is 0.823. The normalized spacial score (nSPS) is 10.5. The van der Waals surface area contributed by atoms with Crippen LogP contribution in [0.5, 0.6) is 0 Å². The first-order valence-electron chi connectivity index (χ1n) is 5.70. The van der Waals surface area contributed by atoms with Gasteiger partial charge in [0.1, 0.15) is 0 Å². The van der Waals surface area contributed by atoms with Crippen LogP contribution in [-0.4, -0.2) is 9.78 Å². The van der Waals surface area contributed by atoms with Gasteiger partial charge in [-0.3, -0.25) is 4.68 Å². The van der Waals surface area contributed by atoms with Crippen LogP contribution in [0.2, 0.25) is 0 Å². The topological polar surface area (TPSA) is 29.9 Å². The number of anilines is 1. The van der Waals surface area contributed by atoms with Crippen molar-refractivity contribution >= 4 is 21.6 Å². The highest BCUT2D eigenvalue weighted by Crippen LogP contribution is 2.17. The standard InChI is InChI=1S/C13H16BrN3/c1-3-17-9-12(8-16-17)15-7-11-4-5-13(14)10(2)6-11/h4-6,8-9,15H,3,7H2,1-2H3. The van der Waals surface area contributed by atoms with Gasteiger partial charge in [-0.25, -0.2) is 0 Å². The zero-order chi connectivity index (χ0) is 12.3. The molecule has 1 aromatic heterocycles. The lowest BCUT2D eigenvalue weighted by Crippen LogP contribution is -1.99. The maximum absolute atomic E-state index is 4.23. The highest BCUT2D eigenvalue weighted by Gasteiger charge is 1.99. The Kier molecular flexibility index (Phi) is 3.84. The van der Waals surface area contributed by atoms with Crippen molar-refractivity contribution in [3.8, 4) is 0 Å². The first-order chi connectivity index (χ1) is 8.19. The molecule has 2 aromatic rings. The van der Waals surface area contributed by atoms with Crippen LogP contribution in [0.1, 0.15) is 18.1 Å². The van der Waals surface area contributed by atoms with Crippen LogP contribution >= 0.6 is 15.9 Å². The van der Waals surface area contributed by atoms with Crippen molar-refractivity contribution in [2.45, 2.75) is 26.9 Å². The summed E-state index contributed by atoms with van der Waals surface area (Å²) in [6.45, 7) is 5.90. The Bertz CT molecular complexity index is 505. The van der Waals surface area contributed by atoms with Gasteiger partial charge in [-0.1, -0.05) is 28.1 Å². The summed E-state index contributed by atoms with van der Waals surface area (Å²) < 4.78 is 3.06. The van der Waals surface area contributed by atoms with Gasteiger partial charge in [0.05, 0.1) is 11.9 Å². The largest absolute Gasteiger partial charge is 0.378 e. The van der Waals surface area contributed by atoms with E-state index in [1.165, 1.54) is 11.1 Å². The Morgan fingerprint density at radius 2 is 2.24 bits per heavy atom. The average molecular weight is 294 g/mol. The van der Waals surface area contributed by atoms with E-state index in [-0.39, 0.29) is 0 Å². The van der Waals surface area contributed by atoms with Crippen LogP contribution in [0.25, 0.3) is 0 Å². The maximum Gasteiger partial charge on any atom is 0.0729 e. The van der Waals surface area contributed by atoms with E-state index in [1.807, 2.05) is 17.1 Å². The fourth-order valence-electron chi connectivity index (χ4n) is 1.65. The molecular formula is C13H16BrN3. The van der Waals surface area contributed by atoms with E-state index in [0.29, 0.717) is 0 Å². The summed E-state index contributed by atoms with van der Waals surface area (Å²) >= 11 is 3.50. The van der Waals surface area contributed by atoms with Gasteiger partial charge in [0.25, 0.3) is 0 Å². The predicted molar refractivity (Wildman–Crippen MR) is 74.1 cm³/mol. The van der Waals surface area contributed by atoms with Crippen LogP contribution in [0.3, 0.4) is 0 Å². The highest BCUT2D eigenvalue weighted by molar-refractivity contribution is 9.10. The molecule has 0 saturated carbocycles. The molecule has 1 aromatic carbocycles. The van der Waals surface area contributed by atoms with Crippen LogP contribution < -0.4 is 5.32 Å². The first-order valence-corrected chi connectivity index (χ1v) is 6.49. The lowest BCUT2D eigenvalue weighted by Gasteiger charge is -2.05. The molecule has 0 radical (unpaired) electrons. The van der Waals surface area contributed by atoms with E-state index >= 15 is 0 Å². The Morgan fingerprint density at radius 3 is 2.88 bits per heavy atom. The van der Waals surface area contributed by atoms with Crippen molar-refractivity contribution in [3.63, 3.8) is 0 Å². The van der Waals surface area contributed by atoms with Gasteiger partial charge in [0.15, 0.2) is 0 Å². The molecule has 1 N–H and O–H groups in total. The lowest BCUT2D eigenvalue weighted by molar-refractivity contribution is 0.660. The molecule has 0 amide bonds. The molecule has 17 heavy (non-hydrogen) atoms. The van der Waals surface area contributed by atoms with E-state index in [0.717, 1.165) is 23.2 Å². The summed E-state index contributed by atoms with van der Waals surface area (Å²) in [6, 6.07) is 6.39. The summed E-state index contributed by atoms with van der Waals surface area (Å²) in [4.78, 5) is 0. The van der Waals surface area contributed by atoms with E-state index in [2.05, 4.69) is 58.4 Å². The number of hydrogen-bond donors (Lipinski definition) is 1. The SMILES string of the molecule is CCn1cc(NCc2ccc(Br)c(C)c2)cn1. The van der Waals surface area contributed by atoms with E-state index in [9.17, 15) is 0 Å². The Hall–Kier alpha value is -1.29. The molecule has 4 heteroatoms. The maximum atomic E-state index is 4.23. The molecular weight excluding hydrogens is 278 g/mol. The number of rotatable bonds is 4. The van der Waals surface area contributed by atoms with E-state index in [4.69, 9.17) is 0 Å². The number of aromatic nitrogens is 2. The highest BCUT2D eigenvalue weighted by atomic mass is 79.9. The number of benzene rings is 1. The molecule has 0 spiro atoms. The molecule has 2 rings (SSSR count). The number of nitrogens with one attached hydrogen (secondary N) is 1. The molecule has 0 aliphatic rings. The van der Waals surface area contributed by atoms with Gasteiger partial charge in [-0.05, 0) is 31.0 Å². The molecule has 0 saturated heterocycles. The minimum Gasteiger partial charge on any atom is -0.378 e. The second-order valence-corrected chi connectivity index (χ2v) is 4.88. The van der Waals surface area contributed by atoms with Crippen molar-refractivity contribution in [1.82, 2.24) is 9.78 Å². The Balaban J connectivity index is 1.99. The van der Waals surface area contributed by atoms with Crippen LogP contribution in [0.4, 0.5) is 5.69 Å².